The van der Waals surface area contributed by atoms with Gasteiger partial charge in [0.15, 0.2) is 0 Å². The SMILES string of the molecule is CCNC(Cc1ccc(OC)cc1)Cc1ccc(Br)s1. The number of nitrogens with one attached hydrogen (secondary N) is 1. The zero-order valence-electron chi connectivity index (χ0n) is 11.9. The summed E-state index contributed by atoms with van der Waals surface area (Å²) in [6, 6.07) is 13.1. The van der Waals surface area contributed by atoms with E-state index in [2.05, 4.69) is 52.4 Å². The van der Waals surface area contributed by atoms with Crippen molar-refractivity contribution < 1.29 is 4.74 Å². The molecule has 2 aromatic rings. The van der Waals surface area contributed by atoms with E-state index in [1.165, 1.54) is 14.2 Å². The van der Waals surface area contributed by atoms with Crippen molar-refractivity contribution in [1.29, 1.82) is 0 Å². The average Bonchev–Trinajstić information content (AvgIpc) is 2.85. The van der Waals surface area contributed by atoms with Crippen LogP contribution in [-0.4, -0.2) is 19.7 Å². The van der Waals surface area contributed by atoms with Crippen molar-refractivity contribution in [3.63, 3.8) is 0 Å². The van der Waals surface area contributed by atoms with Crippen LogP contribution in [0.1, 0.15) is 17.4 Å². The minimum Gasteiger partial charge on any atom is -0.497 e. The highest BCUT2D eigenvalue weighted by Crippen LogP contribution is 2.24. The molecule has 1 atom stereocenters. The van der Waals surface area contributed by atoms with Gasteiger partial charge in [0, 0.05) is 10.9 Å². The number of rotatable bonds is 7. The van der Waals surface area contributed by atoms with Gasteiger partial charge in [0.25, 0.3) is 0 Å². The van der Waals surface area contributed by atoms with Gasteiger partial charge < -0.3 is 10.1 Å². The fourth-order valence-corrected chi connectivity index (χ4v) is 3.82. The summed E-state index contributed by atoms with van der Waals surface area (Å²) in [4.78, 5) is 1.41. The second-order valence-electron chi connectivity index (χ2n) is 4.72. The summed E-state index contributed by atoms with van der Waals surface area (Å²) in [5.74, 6) is 0.913. The highest BCUT2D eigenvalue weighted by atomic mass is 79.9. The Hall–Kier alpha value is -0.840. The van der Waals surface area contributed by atoms with Gasteiger partial charge in [-0.3, -0.25) is 0 Å². The van der Waals surface area contributed by atoms with Crippen LogP contribution in [0.15, 0.2) is 40.2 Å². The molecule has 0 aliphatic rings. The van der Waals surface area contributed by atoms with Gasteiger partial charge in [-0.1, -0.05) is 19.1 Å². The van der Waals surface area contributed by atoms with Crippen molar-refractivity contribution >= 4 is 27.3 Å². The van der Waals surface area contributed by atoms with E-state index >= 15 is 0 Å². The molecule has 0 bridgehead atoms. The number of methoxy groups -OCH3 is 1. The van der Waals surface area contributed by atoms with E-state index < -0.39 is 0 Å². The van der Waals surface area contributed by atoms with Gasteiger partial charge in [-0.05, 0) is 65.1 Å². The third kappa shape index (κ3) is 4.62. The van der Waals surface area contributed by atoms with Crippen molar-refractivity contribution in [3.05, 3.63) is 50.6 Å². The van der Waals surface area contributed by atoms with Crippen LogP contribution in [0, 0.1) is 0 Å². The molecule has 0 amide bonds. The number of likely N-dealkylation sites (N-methyl/N-ethyl adjacent to an activating group) is 1. The summed E-state index contributed by atoms with van der Waals surface area (Å²) in [6.07, 6.45) is 2.10. The second-order valence-corrected chi connectivity index (χ2v) is 7.26. The molecule has 0 saturated carbocycles. The number of hydrogen-bond donors (Lipinski definition) is 1. The molecule has 2 nitrogen and oxygen atoms in total. The Morgan fingerprint density at radius 2 is 1.90 bits per heavy atom. The van der Waals surface area contributed by atoms with E-state index in [1.54, 1.807) is 7.11 Å². The molecule has 0 aliphatic carbocycles. The molecule has 0 spiro atoms. The molecule has 0 radical (unpaired) electrons. The largest absolute Gasteiger partial charge is 0.497 e. The Labute approximate surface area is 133 Å². The first-order valence-electron chi connectivity index (χ1n) is 6.81. The molecule has 0 aliphatic heterocycles. The zero-order chi connectivity index (χ0) is 14.4. The van der Waals surface area contributed by atoms with E-state index in [9.17, 15) is 0 Å². The molecule has 108 valence electrons. The Kier molecular flexibility index (Phi) is 6.07. The van der Waals surface area contributed by atoms with Crippen LogP contribution in [0.25, 0.3) is 0 Å². The summed E-state index contributed by atoms with van der Waals surface area (Å²) in [5, 5.41) is 3.58. The molecule has 1 aromatic heterocycles. The first-order chi connectivity index (χ1) is 9.71. The van der Waals surface area contributed by atoms with Crippen LogP contribution >= 0.6 is 27.3 Å². The number of benzene rings is 1. The normalized spacial score (nSPS) is 12.3. The number of hydrogen-bond acceptors (Lipinski definition) is 3. The van der Waals surface area contributed by atoms with Crippen LogP contribution in [0.3, 0.4) is 0 Å². The quantitative estimate of drug-likeness (QED) is 0.801. The Morgan fingerprint density at radius 3 is 2.45 bits per heavy atom. The third-order valence-electron chi connectivity index (χ3n) is 3.21. The Morgan fingerprint density at radius 1 is 1.15 bits per heavy atom. The number of thiophene rings is 1. The topological polar surface area (TPSA) is 21.3 Å². The van der Waals surface area contributed by atoms with E-state index in [1.807, 2.05) is 23.5 Å². The minimum atomic E-state index is 0.471. The fourth-order valence-electron chi connectivity index (χ4n) is 2.26. The molecule has 1 N–H and O–H groups in total. The maximum atomic E-state index is 5.20. The lowest BCUT2D eigenvalue weighted by molar-refractivity contribution is 0.414. The van der Waals surface area contributed by atoms with Crippen LogP contribution in [0.4, 0.5) is 0 Å². The van der Waals surface area contributed by atoms with E-state index in [0.29, 0.717) is 6.04 Å². The highest BCUT2D eigenvalue weighted by Gasteiger charge is 2.11. The van der Waals surface area contributed by atoms with Gasteiger partial charge in [0.1, 0.15) is 5.75 Å². The maximum Gasteiger partial charge on any atom is 0.118 e. The van der Waals surface area contributed by atoms with Crippen LogP contribution in [0.2, 0.25) is 0 Å². The molecule has 4 heteroatoms. The van der Waals surface area contributed by atoms with Crippen molar-refractivity contribution in [3.8, 4) is 5.75 Å². The highest BCUT2D eigenvalue weighted by molar-refractivity contribution is 9.11. The first-order valence-corrected chi connectivity index (χ1v) is 8.42. The molecule has 2 rings (SSSR count). The summed E-state index contributed by atoms with van der Waals surface area (Å²) in [7, 11) is 1.70. The second kappa shape index (κ2) is 7.81. The summed E-state index contributed by atoms with van der Waals surface area (Å²) in [5.41, 5.74) is 1.34. The smallest absolute Gasteiger partial charge is 0.118 e. The minimum absolute atomic E-state index is 0.471. The summed E-state index contributed by atoms with van der Waals surface area (Å²) in [6.45, 7) is 3.15. The van der Waals surface area contributed by atoms with Crippen LogP contribution < -0.4 is 10.1 Å². The van der Waals surface area contributed by atoms with Crippen molar-refractivity contribution in [2.24, 2.45) is 0 Å². The lowest BCUT2D eigenvalue weighted by Gasteiger charge is -2.17. The van der Waals surface area contributed by atoms with Gasteiger partial charge in [-0.25, -0.2) is 0 Å². The van der Waals surface area contributed by atoms with Crippen molar-refractivity contribution in [2.45, 2.75) is 25.8 Å². The van der Waals surface area contributed by atoms with Crippen LogP contribution in [0.5, 0.6) is 5.75 Å². The van der Waals surface area contributed by atoms with Gasteiger partial charge in [-0.2, -0.15) is 0 Å². The molecule has 1 aromatic carbocycles. The van der Waals surface area contributed by atoms with Crippen molar-refractivity contribution in [1.82, 2.24) is 5.32 Å². The lowest BCUT2D eigenvalue weighted by Crippen LogP contribution is -2.32. The van der Waals surface area contributed by atoms with Gasteiger partial charge >= 0.3 is 0 Å². The van der Waals surface area contributed by atoms with Gasteiger partial charge in [0.05, 0.1) is 10.9 Å². The van der Waals surface area contributed by atoms with Gasteiger partial charge in [-0.15, -0.1) is 11.3 Å². The lowest BCUT2D eigenvalue weighted by atomic mass is 10.0. The summed E-state index contributed by atoms with van der Waals surface area (Å²) >= 11 is 5.34. The van der Waals surface area contributed by atoms with Crippen molar-refractivity contribution in [2.75, 3.05) is 13.7 Å². The average molecular weight is 354 g/mol. The number of halogens is 1. The monoisotopic (exact) mass is 353 g/mol. The van der Waals surface area contributed by atoms with E-state index in [0.717, 1.165) is 25.1 Å². The molecule has 0 saturated heterocycles. The van der Waals surface area contributed by atoms with E-state index in [-0.39, 0.29) is 0 Å². The first kappa shape index (κ1) is 15.5. The standard InChI is InChI=1S/C16H20BrNOS/c1-3-18-13(11-15-8-9-16(17)20-15)10-12-4-6-14(19-2)7-5-12/h4-9,13,18H,3,10-11H2,1-2H3. The maximum absolute atomic E-state index is 5.20. The summed E-state index contributed by atoms with van der Waals surface area (Å²) < 4.78 is 6.40. The predicted molar refractivity (Wildman–Crippen MR) is 89.9 cm³/mol. The molecule has 0 fully saturated rings. The van der Waals surface area contributed by atoms with Crippen LogP contribution in [-0.2, 0) is 12.8 Å². The predicted octanol–water partition coefficient (Wildman–Crippen LogP) is 4.28. The molecule has 20 heavy (non-hydrogen) atoms. The third-order valence-corrected chi connectivity index (χ3v) is 4.86. The van der Waals surface area contributed by atoms with E-state index in [4.69, 9.17) is 4.74 Å². The Bertz CT molecular complexity index is 524. The Balaban J connectivity index is 2.00. The molecular formula is C16H20BrNOS. The molecule has 1 heterocycles. The van der Waals surface area contributed by atoms with Gasteiger partial charge in [0.2, 0.25) is 0 Å². The molecular weight excluding hydrogens is 334 g/mol. The number of ether oxygens (including phenoxy) is 1. The zero-order valence-corrected chi connectivity index (χ0v) is 14.3. The molecule has 1 unspecified atom stereocenters. The fraction of sp³-hybridized carbons (Fsp3) is 0.375.